The SMILES string of the molecule is CC(=O)Nc1ccc(C(=O)NS(=O)(=O)c2ccccc2)cc1N.CC(=O)Nc1ccc(C(=O)NS(=O)(=O)c2ccccc2)cc1[N+](=O)[O-]. The Morgan fingerprint density at radius 2 is 1.02 bits per heavy atom. The van der Waals surface area contributed by atoms with E-state index < -0.39 is 48.4 Å². The predicted octanol–water partition coefficient (Wildman–Crippen LogP) is 3.02. The largest absolute Gasteiger partial charge is 0.397 e. The molecule has 0 atom stereocenters. The number of carbonyl (C=O) groups excluding carboxylic acids is 4. The number of nitro benzene ring substituents is 1. The first-order valence-electron chi connectivity index (χ1n) is 13.5. The van der Waals surface area contributed by atoms with Crippen LogP contribution in [0.2, 0.25) is 0 Å². The molecular weight excluding hydrogens is 668 g/mol. The van der Waals surface area contributed by atoms with Crippen LogP contribution in [0.25, 0.3) is 0 Å². The average molecular weight is 697 g/mol. The van der Waals surface area contributed by atoms with Crippen molar-refractivity contribution >= 4 is 66.4 Å². The summed E-state index contributed by atoms with van der Waals surface area (Å²) in [4.78, 5) is 56.5. The maximum atomic E-state index is 12.1. The van der Waals surface area contributed by atoms with Crippen LogP contribution in [0.3, 0.4) is 0 Å². The lowest BCUT2D eigenvalue weighted by Crippen LogP contribution is -2.30. The number of benzene rings is 4. The van der Waals surface area contributed by atoms with E-state index in [9.17, 15) is 46.1 Å². The smallest absolute Gasteiger partial charge is 0.293 e. The Bertz CT molecular complexity index is 2090. The van der Waals surface area contributed by atoms with E-state index in [2.05, 4.69) is 10.6 Å². The maximum absolute atomic E-state index is 12.1. The number of hydrogen-bond donors (Lipinski definition) is 5. The summed E-state index contributed by atoms with van der Waals surface area (Å²) in [5, 5.41) is 15.9. The number of sulfonamides is 2. The molecule has 0 saturated heterocycles. The number of nitro groups is 1. The summed E-state index contributed by atoms with van der Waals surface area (Å²) in [5.74, 6) is -2.66. The fraction of sp³-hybridized carbons (Fsp3) is 0.0667. The van der Waals surface area contributed by atoms with Crippen molar-refractivity contribution in [2.75, 3.05) is 16.4 Å². The zero-order chi connectivity index (χ0) is 35.6. The van der Waals surface area contributed by atoms with Crippen molar-refractivity contribution in [3.8, 4) is 0 Å². The number of nitrogens with one attached hydrogen (secondary N) is 4. The highest BCUT2D eigenvalue weighted by Gasteiger charge is 2.23. The number of nitrogens with zero attached hydrogens (tertiary/aromatic N) is 1. The van der Waals surface area contributed by atoms with Gasteiger partial charge in [0.15, 0.2) is 0 Å². The number of anilines is 3. The van der Waals surface area contributed by atoms with Gasteiger partial charge in [-0.25, -0.2) is 26.3 Å². The first-order valence-corrected chi connectivity index (χ1v) is 16.4. The van der Waals surface area contributed by atoms with Gasteiger partial charge < -0.3 is 16.4 Å². The summed E-state index contributed by atoms with van der Waals surface area (Å²) in [5.41, 5.74) is 5.45. The molecule has 0 unspecified atom stereocenters. The molecule has 6 N–H and O–H groups in total. The van der Waals surface area contributed by atoms with E-state index in [0.29, 0.717) is 5.69 Å². The van der Waals surface area contributed by atoms with E-state index in [4.69, 9.17) is 5.73 Å². The summed E-state index contributed by atoms with van der Waals surface area (Å²) in [6, 6.07) is 22.1. The monoisotopic (exact) mass is 696 g/mol. The molecule has 0 bridgehead atoms. The minimum Gasteiger partial charge on any atom is -0.397 e. The fourth-order valence-electron chi connectivity index (χ4n) is 3.81. The molecule has 16 nitrogen and oxygen atoms in total. The average Bonchev–Trinajstić information content (AvgIpc) is 3.02. The third-order valence-electron chi connectivity index (χ3n) is 5.95. The van der Waals surface area contributed by atoms with Gasteiger partial charge in [0.05, 0.1) is 26.1 Å². The molecule has 0 radical (unpaired) electrons. The lowest BCUT2D eigenvalue weighted by Gasteiger charge is -2.10. The van der Waals surface area contributed by atoms with Gasteiger partial charge in [-0.3, -0.25) is 29.3 Å². The van der Waals surface area contributed by atoms with E-state index in [1.165, 1.54) is 74.5 Å². The van der Waals surface area contributed by atoms with Crippen molar-refractivity contribution in [1.82, 2.24) is 9.44 Å². The molecule has 0 saturated carbocycles. The van der Waals surface area contributed by atoms with Crippen LogP contribution >= 0.6 is 0 Å². The van der Waals surface area contributed by atoms with Gasteiger partial charge in [0.25, 0.3) is 37.5 Å². The highest BCUT2D eigenvalue weighted by Crippen LogP contribution is 2.26. The molecule has 0 fully saturated rings. The summed E-state index contributed by atoms with van der Waals surface area (Å²) < 4.78 is 52.2. The number of rotatable bonds is 9. The Balaban J connectivity index is 0.000000261. The minimum absolute atomic E-state index is 0.0174. The van der Waals surface area contributed by atoms with Gasteiger partial charge >= 0.3 is 0 Å². The number of carbonyl (C=O) groups is 4. The van der Waals surface area contributed by atoms with Crippen molar-refractivity contribution in [3.05, 3.63) is 118 Å². The highest BCUT2D eigenvalue weighted by atomic mass is 32.2. The van der Waals surface area contributed by atoms with Crippen LogP contribution in [0.1, 0.15) is 34.6 Å². The summed E-state index contributed by atoms with van der Waals surface area (Å²) in [6.07, 6.45) is 0. The molecule has 4 aromatic rings. The van der Waals surface area contributed by atoms with Crippen LogP contribution < -0.4 is 25.8 Å². The molecule has 4 rings (SSSR count). The molecule has 0 spiro atoms. The lowest BCUT2D eigenvalue weighted by molar-refractivity contribution is -0.384. The first-order chi connectivity index (χ1) is 22.5. The Labute approximate surface area is 274 Å². The molecule has 0 aliphatic carbocycles. The number of amides is 4. The molecule has 48 heavy (non-hydrogen) atoms. The lowest BCUT2D eigenvalue weighted by atomic mass is 10.1. The van der Waals surface area contributed by atoms with Crippen molar-refractivity contribution in [2.45, 2.75) is 23.6 Å². The fourth-order valence-corrected chi connectivity index (χ4v) is 5.80. The van der Waals surface area contributed by atoms with E-state index in [0.717, 1.165) is 12.1 Å². The Morgan fingerprint density at radius 1 is 0.625 bits per heavy atom. The second-order valence-electron chi connectivity index (χ2n) is 9.65. The van der Waals surface area contributed by atoms with Crippen LogP contribution in [0.5, 0.6) is 0 Å². The molecule has 0 aliphatic rings. The summed E-state index contributed by atoms with van der Waals surface area (Å²) in [7, 11) is -8.07. The van der Waals surface area contributed by atoms with Crippen molar-refractivity contribution in [2.24, 2.45) is 0 Å². The Morgan fingerprint density at radius 3 is 1.42 bits per heavy atom. The third-order valence-corrected chi connectivity index (χ3v) is 8.65. The zero-order valence-corrected chi connectivity index (χ0v) is 26.8. The maximum Gasteiger partial charge on any atom is 0.293 e. The van der Waals surface area contributed by atoms with Crippen LogP contribution in [0.4, 0.5) is 22.7 Å². The van der Waals surface area contributed by atoms with Crippen molar-refractivity contribution in [1.29, 1.82) is 0 Å². The van der Waals surface area contributed by atoms with Gasteiger partial charge in [-0.05, 0) is 54.6 Å². The number of nitrogen functional groups attached to an aromatic ring is 1. The topological polar surface area (TPSA) is 254 Å². The quantitative estimate of drug-likeness (QED) is 0.0966. The number of nitrogens with two attached hydrogens (primary N) is 1. The summed E-state index contributed by atoms with van der Waals surface area (Å²) in [6.45, 7) is 2.50. The van der Waals surface area contributed by atoms with Crippen molar-refractivity contribution in [3.63, 3.8) is 0 Å². The third kappa shape index (κ3) is 9.93. The van der Waals surface area contributed by atoms with E-state index in [1.807, 2.05) is 9.44 Å². The zero-order valence-electron chi connectivity index (χ0n) is 25.2. The van der Waals surface area contributed by atoms with Crippen LogP contribution in [0.15, 0.2) is 107 Å². The van der Waals surface area contributed by atoms with Gasteiger partial charge in [-0.15, -0.1) is 0 Å². The summed E-state index contributed by atoms with van der Waals surface area (Å²) >= 11 is 0. The van der Waals surface area contributed by atoms with Gasteiger partial charge in [-0.1, -0.05) is 36.4 Å². The number of hydrogen-bond acceptors (Lipinski definition) is 11. The molecule has 4 aromatic carbocycles. The van der Waals surface area contributed by atoms with E-state index >= 15 is 0 Å². The van der Waals surface area contributed by atoms with Gasteiger partial charge in [0.1, 0.15) is 5.69 Å². The van der Waals surface area contributed by atoms with Crippen LogP contribution in [-0.2, 0) is 29.6 Å². The van der Waals surface area contributed by atoms with Crippen LogP contribution in [0, 0.1) is 10.1 Å². The minimum atomic E-state index is -4.11. The molecule has 0 aliphatic heterocycles. The van der Waals surface area contributed by atoms with E-state index in [-0.39, 0.29) is 38.2 Å². The molecule has 18 heteroatoms. The Hall–Kier alpha value is -6.14. The van der Waals surface area contributed by atoms with Gasteiger partial charge in [0, 0.05) is 31.0 Å². The standard InChI is InChI=1S/C15H13N3O6S.C15H15N3O4S/c1-10(19)16-13-8-7-11(9-14(13)18(21)22)15(20)17-25(23,24)12-5-3-2-4-6-12;1-10(19)17-14-8-7-11(9-13(14)16)15(20)18-23(21,22)12-5-3-2-4-6-12/h2-9H,1H3,(H,16,19)(H,17,20);2-9H,16H2,1H3,(H,17,19)(H,18,20). The second-order valence-corrected chi connectivity index (χ2v) is 13.0. The highest BCUT2D eigenvalue weighted by molar-refractivity contribution is 7.90. The van der Waals surface area contributed by atoms with Gasteiger partial charge in [-0.2, -0.15) is 0 Å². The van der Waals surface area contributed by atoms with Crippen molar-refractivity contribution < 1.29 is 40.9 Å². The molecular formula is C30H28N6O10S2. The molecule has 250 valence electrons. The van der Waals surface area contributed by atoms with Crippen LogP contribution in [-0.4, -0.2) is 45.4 Å². The first kappa shape index (κ1) is 36.3. The molecule has 0 aromatic heterocycles. The normalized spacial score (nSPS) is 10.8. The van der Waals surface area contributed by atoms with Gasteiger partial charge in [0.2, 0.25) is 11.8 Å². The molecule has 0 heterocycles. The Kier molecular flexibility index (Phi) is 11.7. The predicted molar refractivity (Wildman–Crippen MR) is 175 cm³/mol. The van der Waals surface area contributed by atoms with E-state index in [1.54, 1.807) is 24.3 Å². The second kappa shape index (κ2) is 15.4. The molecule has 4 amide bonds.